The normalized spacial score (nSPS) is 25.2. The summed E-state index contributed by atoms with van der Waals surface area (Å²) in [6.45, 7) is 2.58. The topological polar surface area (TPSA) is 45.2 Å². The molecule has 3 heterocycles. The summed E-state index contributed by atoms with van der Waals surface area (Å²) in [5, 5.41) is 3.42. The van der Waals surface area contributed by atoms with E-state index in [1.807, 2.05) is 23.1 Å². The second-order valence-corrected chi connectivity index (χ2v) is 6.99. The number of halogens is 1. The van der Waals surface area contributed by atoms with Crippen LogP contribution in [0.4, 0.5) is 4.39 Å². The second-order valence-electron chi connectivity index (χ2n) is 6.99. The highest BCUT2D eigenvalue weighted by molar-refractivity contribution is 5.77. The van der Waals surface area contributed by atoms with Crippen molar-refractivity contribution in [2.24, 2.45) is 11.8 Å². The molecule has 5 heteroatoms. The average Bonchev–Trinajstić information content (AvgIpc) is 3.21. The van der Waals surface area contributed by atoms with Crippen LogP contribution in [0, 0.1) is 17.7 Å². The minimum Gasteiger partial charge on any atom is -0.335 e. The third kappa shape index (κ3) is 3.29. The molecular formula is C20H22FN3O. The fourth-order valence-electron chi connectivity index (χ4n) is 4.24. The highest BCUT2D eigenvalue weighted by Crippen LogP contribution is 2.43. The van der Waals surface area contributed by atoms with Gasteiger partial charge in [-0.15, -0.1) is 0 Å². The van der Waals surface area contributed by atoms with E-state index in [2.05, 4.69) is 10.3 Å². The van der Waals surface area contributed by atoms with Crippen LogP contribution in [-0.2, 0) is 11.2 Å². The summed E-state index contributed by atoms with van der Waals surface area (Å²) in [5.41, 5.74) is 1.98. The number of nitrogens with one attached hydrogen (secondary N) is 1. The zero-order valence-corrected chi connectivity index (χ0v) is 14.1. The summed E-state index contributed by atoms with van der Waals surface area (Å²) >= 11 is 0. The van der Waals surface area contributed by atoms with Crippen LogP contribution in [-0.4, -0.2) is 35.4 Å². The molecule has 1 aromatic heterocycles. The fourth-order valence-corrected chi connectivity index (χ4v) is 4.24. The minimum atomic E-state index is -0.241. The Hall–Kier alpha value is -2.27. The van der Waals surface area contributed by atoms with Crippen LogP contribution in [0.5, 0.6) is 0 Å². The first-order valence-corrected chi connectivity index (χ1v) is 8.87. The van der Waals surface area contributed by atoms with Gasteiger partial charge in [0.25, 0.3) is 0 Å². The second kappa shape index (κ2) is 6.92. The molecule has 0 spiro atoms. The van der Waals surface area contributed by atoms with Crippen molar-refractivity contribution in [2.45, 2.75) is 18.9 Å². The molecule has 1 aromatic carbocycles. The molecule has 2 aliphatic heterocycles. The van der Waals surface area contributed by atoms with E-state index in [0.29, 0.717) is 24.7 Å². The average molecular weight is 339 g/mol. The van der Waals surface area contributed by atoms with E-state index in [9.17, 15) is 9.18 Å². The molecular weight excluding hydrogens is 317 g/mol. The van der Waals surface area contributed by atoms with Gasteiger partial charge in [-0.25, -0.2) is 4.39 Å². The third-order valence-corrected chi connectivity index (χ3v) is 5.43. The minimum absolute atomic E-state index is 0.0305. The Morgan fingerprint density at radius 2 is 2.20 bits per heavy atom. The highest BCUT2D eigenvalue weighted by Gasteiger charge is 2.46. The Kier molecular flexibility index (Phi) is 4.49. The van der Waals surface area contributed by atoms with Gasteiger partial charge in [-0.1, -0.05) is 18.2 Å². The predicted molar refractivity (Wildman–Crippen MR) is 93.3 cm³/mol. The molecule has 0 radical (unpaired) electrons. The lowest BCUT2D eigenvalue weighted by molar-refractivity contribution is -0.132. The van der Waals surface area contributed by atoms with Gasteiger partial charge in [-0.05, 0) is 41.7 Å². The molecule has 4 rings (SSSR count). The molecule has 2 saturated heterocycles. The molecule has 1 N–H and O–H groups in total. The largest absolute Gasteiger partial charge is 0.335 e. The molecule has 130 valence electrons. The van der Waals surface area contributed by atoms with E-state index < -0.39 is 0 Å². The van der Waals surface area contributed by atoms with Crippen LogP contribution in [0.15, 0.2) is 48.8 Å². The summed E-state index contributed by atoms with van der Waals surface area (Å²) in [4.78, 5) is 19.0. The van der Waals surface area contributed by atoms with Crippen LogP contribution >= 0.6 is 0 Å². The van der Waals surface area contributed by atoms with Crippen molar-refractivity contribution < 1.29 is 9.18 Å². The van der Waals surface area contributed by atoms with E-state index in [1.54, 1.807) is 24.5 Å². The number of fused-ring (bicyclic) bond motifs is 1. The fraction of sp³-hybridized carbons (Fsp3) is 0.400. The number of aromatic nitrogens is 1. The Bertz CT molecular complexity index is 752. The first kappa shape index (κ1) is 16.2. The maximum absolute atomic E-state index is 13.7. The Morgan fingerprint density at radius 1 is 1.28 bits per heavy atom. The molecule has 4 nitrogen and oxygen atoms in total. The van der Waals surface area contributed by atoms with E-state index in [-0.39, 0.29) is 17.8 Å². The number of rotatable bonds is 4. The number of amides is 1. The lowest BCUT2D eigenvalue weighted by Gasteiger charge is -2.28. The predicted octanol–water partition coefficient (Wildman–Crippen LogP) is 2.57. The van der Waals surface area contributed by atoms with Crippen LogP contribution in [0.2, 0.25) is 0 Å². The van der Waals surface area contributed by atoms with Crippen LogP contribution < -0.4 is 5.32 Å². The molecule has 25 heavy (non-hydrogen) atoms. The van der Waals surface area contributed by atoms with Gasteiger partial charge in [-0.2, -0.15) is 0 Å². The number of pyridine rings is 1. The summed E-state index contributed by atoms with van der Waals surface area (Å²) in [5.74, 6) is 0.724. The molecule has 0 bridgehead atoms. The number of carbonyl (C=O) groups is 1. The molecule has 0 aliphatic carbocycles. The van der Waals surface area contributed by atoms with Crippen molar-refractivity contribution in [3.63, 3.8) is 0 Å². The molecule has 2 aromatic rings. The van der Waals surface area contributed by atoms with E-state index in [0.717, 1.165) is 30.8 Å². The Balaban J connectivity index is 1.53. The van der Waals surface area contributed by atoms with Crippen molar-refractivity contribution in [1.82, 2.24) is 15.2 Å². The number of aryl methyl sites for hydroxylation is 1. The maximum atomic E-state index is 13.7. The monoisotopic (exact) mass is 339 g/mol. The van der Waals surface area contributed by atoms with Gasteiger partial charge >= 0.3 is 0 Å². The van der Waals surface area contributed by atoms with Gasteiger partial charge < -0.3 is 10.2 Å². The quantitative estimate of drug-likeness (QED) is 0.931. The van der Waals surface area contributed by atoms with Crippen LogP contribution in [0.1, 0.15) is 23.6 Å². The summed E-state index contributed by atoms with van der Waals surface area (Å²) in [7, 11) is 0. The maximum Gasteiger partial charge on any atom is 0.223 e. The third-order valence-electron chi connectivity index (χ3n) is 5.43. The highest BCUT2D eigenvalue weighted by atomic mass is 19.1. The van der Waals surface area contributed by atoms with E-state index >= 15 is 0 Å². The standard InChI is InChI=1S/C20H22FN3O/c21-17-5-1-4-15(9-17)20-18-12-23-11-16(18)13-24(20)19(25)7-6-14-3-2-8-22-10-14/h1-5,8-10,16,18,20,23H,6-7,11-13H2/t16-,18-,20+/m0/s1. The van der Waals surface area contributed by atoms with Gasteiger partial charge in [0.1, 0.15) is 5.82 Å². The summed E-state index contributed by atoms with van der Waals surface area (Å²) in [6.07, 6.45) is 4.69. The first-order chi connectivity index (χ1) is 12.2. The zero-order valence-electron chi connectivity index (χ0n) is 14.1. The molecule has 0 saturated carbocycles. The van der Waals surface area contributed by atoms with Crippen molar-refractivity contribution in [2.75, 3.05) is 19.6 Å². The summed E-state index contributed by atoms with van der Waals surface area (Å²) in [6, 6.07) is 10.6. The molecule has 0 unspecified atom stereocenters. The number of likely N-dealkylation sites (tertiary alicyclic amines) is 1. The number of carbonyl (C=O) groups excluding carboxylic acids is 1. The zero-order chi connectivity index (χ0) is 17.2. The first-order valence-electron chi connectivity index (χ1n) is 8.87. The van der Waals surface area contributed by atoms with Gasteiger partial charge in [0.15, 0.2) is 0 Å². The van der Waals surface area contributed by atoms with E-state index in [1.165, 1.54) is 6.07 Å². The molecule has 1 amide bonds. The number of benzene rings is 1. The smallest absolute Gasteiger partial charge is 0.223 e. The van der Waals surface area contributed by atoms with Crippen molar-refractivity contribution >= 4 is 5.91 Å². The number of nitrogens with zero attached hydrogens (tertiary/aromatic N) is 2. The number of hydrogen-bond donors (Lipinski definition) is 1. The van der Waals surface area contributed by atoms with Gasteiger partial charge in [0.2, 0.25) is 5.91 Å². The SMILES string of the molecule is O=C(CCc1cccnc1)N1C[C@@H]2CNC[C@@H]2[C@H]1c1cccc(F)c1. The van der Waals surface area contributed by atoms with Crippen LogP contribution in [0.3, 0.4) is 0 Å². The Morgan fingerprint density at radius 3 is 3.00 bits per heavy atom. The summed E-state index contributed by atoms with van der Waals surface area (Å²) < 4.78 is 13.7. The van der Waals surface area contributed by atoms with Gasteiger partial charge in [0.05, 0.1) is 6.04 Å². The van der Waals surface area contributed by atoms with Crippen molar-refractivity contribution in [3.05, 3.63) is 65.7 Å². The molecule has 3 atom stereocenters. The molecule has 2 aliphatic rings. The number of hydrogen-bond acceptors (Lipinski definition) is 3. The lowest BCUT2D eigenvalue weighted by atomic mass is 9.89. The van der Waals surface area contributed by atoms with Crippen molar-refractivity contribution in [3.8, 4) is 0 Å². The van der Waals surface area contributed by atoms with Gasteiger partial charge in [0, 0.05) is 44.4 Å². The van der Waals surface area contributed by atoms with Gasteiger partial charge in [-0.3, -0.25) is 9.78 Å². The Labute approximate surface area is 147 Å². The van der Waals surface area contributed by atoms with Crippen molar-refractivity contribution in [1.29, 1.82) is 0 Å². The van der Waals surface area contributed by atoms with E-state index in [4.69, 9.17) is 0 Å². The molecule has 2 fully saturated rings. The lowest BCUT2D eigenvalue weighted by Crippen LogP contribution is -2.34. The van der Waals surface area contributed by atoms with Crippen LogP contribution in [0.25, 0.3) is 0 Å².